The SMILES string of the molecule is CC(NC(=O)c1cc(S(=O)(=O)NC2CC2)c(Cl)cc1Cl)c1ccc(-n2cncn2)cc1. The molecule has 2 N–H and O–H groups in total. The second-order valence-corrected chi connectivity index (χ2v) is 9.78. The lowest BCUT2D eigenvalue weighted by Gasteiger charge is -2.16. The zero-order valence-electron chi connectivity index (χ0n) is 16.4. The summed E-state index contributed by atoms with van der Waals surface area (Å²) in [6.07, 6.45) is 4.60. The third kappa shape index (κ3) is 4.90. The fourth-order valence-electron chi connectivity index (χ4n) is 3.01. The second-order valence-electron chi connectivity index (χ2n) is 7.28. The molecule has 3 aromatic rings. The number of amides is 1. The molecule has 2 aromatic carbocycles. The molecule has 0 aliphatic heterocycles. The Bertz CT molecular complexity index is 1210. The van der Waals surface area contributed by atoms with Gasteiger partial charge >= 0.3 is 0 Å². The predicted molar refractivity (Wildman–Crippen MR) is 117 cm³/mol. The highest BCUT2D eigenvalue weighted by atomic mass is 35.5. The topological polar surface area (TPSA) is 106 Å². The molecule has 0 spiro atoms. The molecular weight excluding hydrogens is 461 g/mol. The van der Waals surface area contributed by atoms with E-state index in [4.69, 9.17) is 23.2 Å². The number of sulfonamides is 1. The molecular formula is C20H19Cl2N5O3S. The molecule has 1 heterocycles. The first-order chi connectivity index (χ1) is 14.7. The molecule has 0 bridgehead atoms. The van der Waals surface area contributed by atoms with Crippen LogP contribution in [0, 0.1) is 0 Å². The summed E-state index contributed by atoms with van der Waals surface area (Å²) in [7, 11) is -3.84. The van der Waals surface area contributed by atoms with E-state index >= 15 is 0 Å². The number of hydrogen-bond donors (Lipinski definition) is 2. The Labute approximate surface area is 189 Å². The van der Waals surface area contributed by atoms with E-state index in [9.17, 15) is 13.2 Å². The van der Waals surface area contributed by atoms with Gasteiger partial charge in [0.25, 0.3) is 5.91 Å². The second kappa shape index (κ2) is 8.58. The minimum Gasteiger partial charge on any atom is -0.345 e. The van der Waals surface area contributed by atoms with Crippen molar-refractivity contribution in [1.29, 1.82) is 0 Å². The van der Waals surface area contributed by atoms with Crippen molar-refractivity contribution in [2.45, 2.75) is 36.7 Å². The van der Waals surface area contributed by atoms with E-state index in [0.29, 0.717) is 0 Å². The number of nitrogens with zero attached hydrogens (tertiary/aromatic N) is 3. The third-order valence-corrected chi connectivity index (χ3v) is 7.18. The van der Waals surface area contributed by atoms with Gasteiger partial charge in [-0.1, -0.05) is 35.3 Å². The number of carbonyl (C=O) groups excluding carboxylic acids is 1. The molecule has 11 heteroatoms. The Morgan fingerprint density at radius 1 is 1.16 bits per heavy atom. The fourth-order valence-corrected chi connectivity index (χ4v) is 5.17. The van der Waals surface area contributed by atoms with Crippen molar-refractivity contribution in [3.8, 4) is 5.69 Å². The van der Waals surface area contributed by atoms with Crippen LogP contribution in [0.25, 0.3) is 5.69 Å². The molecule has 162 valence electrons. The van der Waals surface area contributed by atoms with Crippen LogP contribution >= 0.6 is 23.2 Å². The van der Waals surface area contributed by atoms with Gasteiger partial charge in [0.15, 0.2) is 0 Å². The summed E-state index contributed by atoms with van der Waals surface area (Å²) in [6.45, 7) is 1.82. The van der Waals surface area contributed by atoms with Crippen molar-refractivity contribution in [2.24, 2.45) is 0 Å². The van der Waals surface area contributed by atoms with Crippen molar-refractivity contribution in [2.75, 3.05) is 0 Å². The van der Waals surface area contributed by atoms with E-state index in [1.807, 2.05) is 31.2 Å². The lowest BCUT2D eigenvalue weighted by atomic mass is 10.1. The van der Waals surface area contributed by atoms with Crippen molar-refractivity contribution in [3.05, 3.63) is 70.2 Å². The van der Waals surface area contributed by atoms with Gasteiger partial charge in [-0.25, -0.2) is 22.8 Å². The number of carbonyl (C=O) groups is 1. The van der Waals surface area contributed by atoms with Crippen molar-refractivity contribution in [3.63, 3.8) is 0 Å². The summed E-state index contributed by atoms with van der Waals surface area (Å²) in [4.78, 5) is 16.6. The highest BCUT2D eigenvalue weighted by Crippen LogP contribution is 2.31. The Morgan fingerprint density at radius 3 is 2.48 bits per heavy atom. The molecule has 31 heavy (non-hydrogen) atoms. The molecule has 0 radical (unpaired) electrons. The number of nitrogens with one attached hydrogen (secondary N) is 2. The van der Waals surface area contributed by atoms with Crippen LogP contribution in [0.15, 0.2) is 53.9 Å². The summed E-state index contributed by atoms with van der Waals surface area (Å²) >= 11 is 12.3. The molecule has 1 aliphatic carbocycles. The van der Waals surface area contributed by atoms with E-state index in [1.54, 1.807) is 11.0 Å². The van der Waals surface area contributed by atoms with Crippen LogP contribution in [0.1, 0.15) is 41.7 Å². The molecule has 1 unspecified atom stereocenters. The van der Waals surface area contributed by atoms with Crippen molar-refractivity contribution < 1.29 is 13.2 Å². The van der Waals surface area contributed by atoms with Gasteiger partial charge in [-0.15, -0.1) is 0 Å². The lowest BCUT2D eigenvalue weighted by Crippen LogP contribution is -2.29. The monoisotopic (exact) mass is 479 g/mol. The quantitative estimate of drug-likeness (QED) is 0.539. The standard InChI is InChI=1S/C20H19Cl2N5O3S/c1-12(13-2-6-15(7-3-13)27-11-23-10-24-27)25-20(28)16-8-19(18(22)9-17(16)21)31(29,30)26-14-4-5-14/h2-3,6-12,14,26H,4-5H2,1H3,(H,25,28). The van der Waals surface area contributed by atoms with Gasteiger partial charge in [-0.3, -0.25) is 4.79 Å². The maximum absolute atomic E-state index is 12.9. The summed E-state index contributed by atoms with van der Waals surface area (Å²) in [5.41, 5.74) is 1.72. The molecule has 1 aliphatic rings. The molecule has 1 aromatic heterocycles. The molecule has 0 saturated heterocycles. The Hall–Kier alpha value is -2.46. The van der Waals surface area contributed by atoms with Gasteiger partial charge in [0.05, 0.1) is 27.3 Å². The Balaban J connectivity index is 1.53. The van der Waals surface area contributed by atoms with E-state index in [2.05, 4.69) is 20.1 Å². The predicted octanol–water partition coefficient (Wildman–Crippen LogP) is 3.51. The molecule has 8 nitrogen and oxygen atoms in total. The first-order valence-electron chi connectivity index (χ1n) is 9.52. The maximum Gasteiger partial charge on any atom is 0.253 e. The Morgan fingerprint density at radius 2 is 1.87 bits per heavy atom. The van der Waals surface area contributed by atoms with Crippen LogP contribution < -0.4 is 10.0 Å². The molecule has 1 fully saturated rings. The van der Waals surface area contributed by atoms with Crippen LogP contribution in [0.2, 0.25) is 10.0 Å². The maximum atomic E-state index is 12.9. The number of benzene rings is 2. The number of rotatable bonds is 7. The average Bonchev–Trinajstić information content (AvgIpc) is 3.35. The van der Waals surface area contributed by atoms with Gasteiger partial charge in [0.2, 0.25) is 10.0 Å². The van der Waals surface area contributed by atoms with Gasteiger partial charge in [0.1, 0.15) is 17.6 Å². The highest BCUT2D eigenvalue weighted by molar-refractivity contribution is 7.89. The number of aromatic nitrogens is 3. The lowest BCUT2D eigenvalue weighted by molar-refractivity contribution is 0.0940. The minimum atomic E-state index is -3.84. The largest absolute Gasteiger partial charge is 0.345 e. The van der Waals surface area contributed by atoms with Crippen LogP contribution in [0.3, 0.4) is 0 Å². The summed E-state index contributed by atoms with van der Waals surface area (Å²) in [5.74, 6) is -0.502. The van der Waals surface area contributed by atoms with Gasteiger partial charge in [-0.05, 0) is 49.6 Å². The number of hydrogen-bond acceptors (Lipinski definition) is 5. The van der Waals surface area contributed by atoms with E-state index < -0.39 is 15.9 Å². The average molecular weight is 480 g/mol. The Kier molecular flexibility index (Phi) is 6.02. The van der Waals surface area contributed by atoms with Crippen LogP contribution in [0.4, 0.5) is 0 Å². The highest BCUT2D eigenvalue weighted by Gasteiger charge is 2.30. The van der Waals surface area contributed by atoms with E-state index in [0.717, 1.165) is 24.1 Å². The van der Waals surface area contributed by atoms with Gasteiger partial charge < -0.3 is 5.32 Å². The van der Waals surface area contributed by atoms with Gasteiger partial charge in [-0.2, -0.15) is 5.10 Å². The first-order valence-corrected chi connectivity index (χ1v) is 11.8. The van der Waals surface area contributed by atoms with Crippen LogP contribution in [-0.2, 0) is 10.0 Å². The third-order valence-electron chi connectivity index (χ3n) is 4.88. The van der Waals surface area contributed by atoms with Crippen molar-refractivity contribution in [1.82, 2.24) is 24.8 Å². The minimum absolute atomic E-state index is 0.0355. The zero-order chi connectivity index (χ0) is 22.2. The van der Waals surface area contributed by atoms with E-state index in [-0.39, 0.29) is 32.6 Å². The summed E-state index contributed by atoms with van der Waals surface area (Å²) in [5, 5.41) is 6.95. The smallest absolute Gasteiger partial charge is 0.253 e. The zero-order valence-corrected chi connectivity index (χ0v) is 18.7. The van der Waals surface area contributed by atoms with E-state index in [1.165, 1.54) is 18.5 Å². The molecule has 4 rings (SSSR count). The number of halogens is 2. The van der Waals surface area contributed by atoms with Crippen LogP contribution in [-0.4, -0.2) is 35.1 Å². The van der Waals surface area contributed by atoms with Gasteiger partial charge in [0, 0.05) is 6.04 Å². The van der Waals surface area contributed by atoms with Crippen LogP contribution in [0.5, 0.6) is 0 Å². The molecule has 1 amide bonds. The summed E-state index contributed by atoms with van der Waals surface area (Å²) in [6, 6.07) is 9.49. The van der Waals surface area contributed by atoms with Crippen molar-refractivity contribution >= 4 is 39.1 Å². The normalized spacial score (nSPS) is 14.9. The molecule has 1 saturated carbocycles. The summed E-state index contributed by atoms with van der Waals surface area (Å²) < 4.78 is 29.3. The fraction of sp³-hybridized carbons (Fsp3) is 0.250. The first kappa shape index (κ1) is 21.8. The molecule has 1 atom stereocenters.